The van der Waals surface area contributed by atoms with Gasteiger partial charge in [-0.15, -0.1) is 0 Å². The number of nitrogens with zero attached hydrogens (tertiary/aromatic N) is 1. The summed E-state index contributed by atoms with van der Waals surface area (Å²) in [6, 6.07) is 5.26. The van der Waals surface area contributed by atoms with E-state index >= 15 is 0 Å². The first-order chi connectivity index (χ1) is 5.25. The Balaban J connectivity index is 2.93. The summed E-state index contributed by atoms with van der Waals surface area (Å²) in [6.07, 6.45) is 1.32. The van der Waals surface area contributed by atoms with Crippen molar-refractivity contribution in [1.82, 2.24) is 0 Å². The van der Waals surface area contributed by atoms with Crippen molar-refractivity contribution >= 4 is 0 Å². The maximum Gasteiger partial charge on any atom is 0.221 e. The van der Waals surface area contributed by atoms with Crippen LogP contribution >= 0.6 is 0 Å². The summed E-state index contributed by atoms with van der Waals surface area (Å²) in [5.41, 5.74) is 0.634. The van der Waals surface area contributed by atoms with E-state index < -0.39 is 0 Å². The Morgan fingerprint density at radius 1 is 1.55 bits per heavy atom. The molecular formula is C8H11NO2. The van der Waals surface area contributed by atoms with Crippen LogP contribution < -0.4 is 4.73 Å². The highest BCUT2D eigenvalue weighted by atomic mass is 16.5. The summed E-state index contributed by atoms with van der Waals surface area (Å²) in [5, 5.41) is 11.1. The Hall–Kier alpha value is -1.09. The first kappa shape index (κ1) is 8.01. The smallest absolute Gasteiger partial charge is 0.221 e. The SMILES string of the molecule is COC(C)c1cccc[n+]1[O-]. The molecule has 0 fully saturated rings. The topological polar surface area (TPSA) is 36.2 Å². The highest BCUT2D eigenvalue weighted by molar-refractivity contribution is 5.00. The lowest BCUT2D eigenvalue weighted by molar-refractivity contribution is -0.618. The van der Waals surface area contributed by atoms with Crippen LogP contribution in [0.5, 0.6) is 0 Å². The molecule has 60 valence electrons. The third-order valence-corrected chi connectivity index (χ3v) is 1.62. The Kier molecular flexibility index (Phi) is 2.44. The zero-order valence-electron chi connectivity index (χ0n) is 6.65. The van der Waals surface area contributed by atoms with E-state index in [1.165, 1.54) is 6.20 Å². The van der Waals surface area contributed by atoms with E-state index in [0.717, 1.165) is 4.73 Å². The summed E-state index contributed by atoms with van der Waals surface area (Å²) in [4.78, 5) is 0. The van der Waals surface area contributed by atoms with Crippen LogP contribution in [0.2, 0.25) is 0 Å². The Morgan fingerprint density at radius 2 is 2.27 bits per heavy atom. The molecule has 0 aliphatic carbocycles. The molecule has 1 unspecified atom stereocenters. The summed E-state index contributed by atoms with van der Waals surface area (Å²) in [6.45, 7) is 1.84. The van der Waals surface area contributed by atoms with Crippen molar-refractivity contribution in [2.75, 3.05) is 7.11 Å². The zero-order valence-corrected chi connectivity index (χ0v) is 6.65. The lowest BCUT2D eigenvalue weighted by Crippen LogP contribution is -2.32. The zero-order chi connectivity index (χ0) is 8.27. The van der Waals surface area contributed by atoms with E-state index in [-0.39, 0.29) is 6.10 Å². The standard InChI is InChI=1S/C8H11NO2/c1-7(11-2)8-5-3-4-6-9(8)10/h3-7H,1-2H3. The van der Waals surface area contributed by atoms with E-state index in [1.54, 1.807) is 19.2 Å². The second-order valence-corrected chi connectivity index (χ2v) is 2.33. The van der Waals surface area contributed by atoms with Crippen molar-refractivity contribution in [3.8, 4) is 0 Å². The number of aromatic nitrogens is 1. The molecule has 0 bridgehead atoms. The number of pyridine rings is 1. The van der Waals surface area contributed by atoms with E-state index in [2.05, 4.69) is 0 Å². The minimum atomic E-state index is -0.145. The number of rotatable bonds is 2. The van der Waals surface area contributed by atoms with Gasteiger partial charge in [-0.2, -0.15) is 4.73 Å². The lowest BCUT2D eigenvalue weighted by Gasteiger charge is -2.08. The predicted octanol–water partition coefficient (Wildman–Crippen LogP) is 1.03. The fraction of sp³-hybridized carbons (Fsp3) is 0.375. The van der Waals surface area contributed by atoms with Gasteiger partial charge in [-0.1, -0.05) is 0 Å². The molecule has 3 heteroatoms. The molecule has 11 heavy (non-hydrogen) atoms. The fourth-order valence-corrected chi connectivity index (χ4v) is 0.877. The van der Waals surface area contributed by atoms with Gasteiger partial charge in [0.2, 0.25) is 5.69 Å². The maximum atomic E-state index is 11.1. The van der Waals surface area contributed by atoms with Crippen molar-refractivity contribution in [1.29, 1.82) is 0 Å². The van der Waals surface area contributed by atoms with Crippen LogP contribution in [0.3, 0.4) is 0 Å². The van der Waals surface area contributed by atoms with Crippen molar-refractivity contribution in [3.05, 3.63) is 35.3 Å². The van der Waals surface area contributed by atoms with Gasteiger partial charge in [-0.25, -0.2) is 0 Å². The summed E-state index contributed by atoms with van der Waals surface area (Å²) in [5.74, 6) is 0. The molecule has 1 atom stereocenters. The van der Waals surface area contributed by atoms with Gasteiger partial charge in [0.1, 0.15) is 6.10 Å². The minimum absolute atomic E-state index is 0.145. The minimum Gasteiger partial charge on any atom is -0.618 e. The first-order valence-corrected chi connectivity index (χ1v) is 3.46. The molecule has 0 aromatic carbocycles. The molecule has 1 heterocycles. The van der Waals surface area contributed by atoms with E-state index in [1.807, 2.05) is 13.0 Å². The average molecular weight is 153 g/mol. The van der Waals surface area contributed by atoms with Gasteiger partial charge >= 0.3 is 0 Å². The fourth-order valence-electron chi connectivity index (χ4n) is 0.877. The molecular weight excluding hydrogens is 142 g/mol. The van der Waals surface area contributed by atoms with Crippen LogP contribution in [-0.2, 0) is 4.74 Å². The largest absolute Gasteiger partial charge is 0.618 e. The highest BCUT2D eigenvalue weighted by Crippen LogP contribution is 2.09. The van der Waals surface area contributed by atoms with Crippen LogP contribution in [0.4, 0.5) is 0 Å². The number of ether oxygens (including phenoxy) is 1. The van der Waals surface area contributed by atoms with Crippen molar-refractivity contribution < 1.29 is 9.47 Å². The highest BCUT2D eigenvalue weighted by Gasteiger charge is 2.11. The summed E-state index contributed by atoms with van der Waals surface area (Å²) in [7, 11) is 1.58. The van der Waals surface area contributed by atoms with E-state index in [4.69, 9.17) is 4.74 Å². The molecule has 0 saturated carbocycles. The molecule has 0 spiro atoms. The number of hydrogen-bond donors (Lipinski definition) is 0. The molecule has 0 N–H and O–H groups in total. The number of hydrogen-bond acceptors (Lipinski definition) is 2. The number of methoxy groups -OCH3 is 1. The van der Waals surface area contributed by atoms with Gasteiger partial charge in [0.25, 0.3) is 0 Å². The van der Waals surface area contributed by atoms with Crippen LogP contribution in [0.25, 0.3) is 0 Å². The third kappa shape index (κ3) is 1.68. The molecule has 1 aromatic heterocycles. The van der Waals surface area contributed by atoms with Gasteiger partial charge in [0, 0.05) is 19.2 Å². The summed E-state index contributed by atoms with van der Waals surface area (Å²) < 4.78 is 5.81. The maximum absolute atomic E-state index is 11.1. The van der Waals surface area contributed by atoms with Crippen molar-refractivity contribution in [2.24, 2.45) is 0 Å². The second kappa shape index (κ2) is 3.34. The van der Waals surface area contributed by atoms with Crippen molar-refractivity contribution in [3.63, 3.8) is 0 Å². The Labute approximate surface area is 65.8 Å². The molecule has 1 rings (SSSR count). The molecule has 3 nitrogen and oxygen atoms in total. The van der Waals surface area contributed by atoms with Crippen LogP contribution in [0.1, 0.15) is 18.7 Å². The molecule has 1 aromatic rings. The molecule has 0 aliphatic rings. The Morgan fingerprint density at radius 3 is 2.82 bits per heavy atom. The Bertz CT molecular complexity index is 237. The van der Waals surface area contributed by atoms with Gasteiger partial charge in [0.05, 0.1) is 0 Å². The predicted molar refractivity (Wildman–Crippen MR) is 40.8 cm³/mol. The lowest BCUT2D eigenvalue weighted by atomic mass is 10.2. The normalized spacial score (nSPS) is 12.9. The third-order valence-electron chi connectivity index (χ3n) is 1.62. The second-order valence-electron chi connectivity index (χ2n) is 2.33. The summed E-state index contributed by atoms with van der Waals surface area (Å²) >= 11 is 0. The van der Waals surface area contributed by atoms with Crippen LogP contribution in [-0.4, -0.2) is 7.11 Å². The molecule has 0 aliphatic heterocycles. The average Bonchev–Trinajstić information content (AvgIpc) is 2.04. The molecule has 0 saturated heterocycles. The van der Waals surface area contributed by atoms with Gasteiger partial charge in [-0.05, 0) is 13.0 Å². The first-order valence-electron chi connectivity index (χ1n) is 3.46. The van der Waals surface area contributed by atoms with Gasteiger partial charge in [0.15, 0.2) is 6.20 Å². The van der Waals surface area contributed by atoms with Gasteiger partial charge in [-0.3, -0.25) is 0 Å². The van der Waals surface area contributed by atoms with Crippen LogP contribution in [0, 0.1) is 5.21 Å². The molecule has 0 amide bonds. The molecule has 0 radical (unpaired) electrons. The van der Waals surface area contributed by atoms with Crippen molar-refractivity contribution in [2.45, 2.75) is 13.0 Å². The van der Waals surface area contributed by atoms with Crippen LogP contribution in [0.15, 0.2) is 24.4 Å². The van der Waals surface area contributed by atoms with Gasteiger partial charge < -0.3 is 9.94 Å². The van der Waals surface area contributed by atoms with E-state index in [0.29, 0.717) is 5.69 Å². The monoisotopic (exact) mass is 153 g/mol. The van der Waals surface area contributed by atoms with E-state index in [9.17, 15) is 5.21 Å². The quantitative estimate of drug-likeness (QED) is 0.470.